The second-order valence-electron chi connectivity index (χ2n) is 8.16. The molecule has 1 fully saturated rings. The van der Waals surface area contributed by atoms with E-state index in [4.69, 9.17) is 21.1 Å². The molecular weight excluding hydrogens is 430 g/mol. The van der Waals surface area contributed by atoms with Crippen LogP contribution in [-0.4, -0.2) is 47.1 Å². The summed E-state index contributed by atoms with van der Waals surface area (Å²) in [6.45, 7) is 8.08. The van der Waals surface area contributed by atoms with Crippen molar-refractivity contribution >= 4 is 29.1 Å². The van der Waals surface area contributed by atoms with Gasteiger partial charge in [0.15, 0.2) is 0 Å². The number of carbonyl (C=O) groups excluding carboxylic acids is 2. The summed E-state index contributed by atoms with van der Waals surface area (Å²) in [6.07, 6.45) is -0.0579. The molecule has 0 radical (unpaired) electrons. The van der Waals surface area contributed by atoms with Crippen LogP contribution in [0.5, 0.6) is 5.75 Å². The number of amides is 1. The number of hydrogen-bond donors (Lipinski definition) is 1. The van der Waals surface area contributed by atoms with Crippen molar-refractivity contribution in [3.63, 3.8) is 0 Å². The first kappa shape index (κ1) is 23.8. The average molecular weight is 458 g/mol. The van der Waals surface area contributed by atoms with Gasteiger partial charge in [-0.3, -0.25) is 9.59 Å². The molecule has 1 atom stereocenters. The maximum Gasteiger partial charge on any atom is 0.295 e. The fraction of sp³-hybridized carbons (Fsp3) is 0.360. The molecule has 1 aliphatic rings. The fourth-order valence-electron chi connectivity index (χ4n) is 3.63. The van der Waals surface area contributed by atoms with Crippen LogP contribution in [0.2, 0.25) is 5.02 Å². The van der Waals surface area contributed by atoms with Crippen LogP contribution in [0.15, 0.2) is 54.1 Å². The Morgan fingerprint density at radius 1 is 1.06 bits per heavy atom. The van der Waals surface area contributed by atoms with Gasteiger partial charge >= 0.3 is 0 Å². The molecule has 0 spiro atoms. The Morgan fingerprint density at radius 2 is 1.75 bits per heavy atom. The Bertz CT molecular complexity index is 1010. The summed E-state index contributed by atoms with van der Waals surface area (Å²) in [5.74, 6) is -1.09. The molecule has 1 unspecified atom stereocenters. The molecule has 0 aliphatic carbocycles. The molecule has 1 saturated heterocycles. The van der Waals surface area contributed by atoms with Crippen LogP contribution in [-0.2, 0) is 14.3 Å². The summed E-state index contributed by atoms with van der Waals surface area (Å²) in [5.41, 5.74) is 1.11. The maximum atomic E-state index is 13.0. The number of carbonyl (C=O) groups is 2. The number of ketones is 1. The second-order valence-corrected chi connectivity index (χ2v) is 8.59. The Hall–Kier alpha value is -2.83. The zero-order chi connectivity index (χ0) is 23.4. The molecule has 0 bridgehead atoms. The highest BCUT2D eigenvalue weighted by Crippen LogP contribution is 2.39. The Kier molecular flexibility index (Phi) is 7.59. The van der Waals surface area contributed by atoms with E-state index in [9.17, 15) is 14.7 Å². The van der Waals surface area contributed by atoms with Gasteiger partial charge < -0.3 is 19.5 Å². The van der Waals surface area contributed by atoms with Crippen LogP contribution in [0, 0.1) is 0 Å². The first-order valence-corrected chi connectivity index (χ1v) is 11.0. The van der Waals surface area contributed by atoms with Gasteiger partial charge in [0.25, 0.3) is 11.7 Å². The van der Waals surface area contributed by atoms with E-state index in [-0.39, 0.29) is 36.7 Å². The summed E-state index contributed by atoms with van der Waals surface area (Å²) in [6, 6.07) is 13.0. The van der Waals surface area contributed by atoms with Gasteiger partial charge in [0.1, 0.15) is 11.5 Å². The molecular formula is C25H28ClNO5. The highest BCUT2D eigenvalue weighted by molar-refractivity contribution is 6.46. The number of rotatable bonds is 8. The van der Waals surface area contributed by atoms with E-state index in [2.05, 4.69) is 0 Å². The standard InChI is InChI=1S/C25H28ClNO5/c1-15(2)31-13-12-27-22(17-8-10-19(26)11-9-17)21(24(29)25(27)30)23(28)18-6-5-7-20(14-18)32-16(3)4/h5-11,14-16,22,28H,12-13H2,1-4H3/b23-21-. The van der Waals surface area contributed by atoms with Crippen LogP contribution in [0.25, 0.3) is 5.76 Å². The number of likely N-dealkylation sites (tertiary alicyclic amines) is 1. The minimum Gasteiger partial charge on any atom is -0.507 e. The number of ether oxygens (including phenoxy) is 2. The predicted molar refractivity (Wildman–Crippen MR) is 124 cm³/mol. The number of aliphatic hydroxyl groups is 1. The number of halogens is 1. The van der Waals surface area contributed by atoms with E-state index in [1.165, 1.54) is 4.90 Å². The van der Waals surface area contributed by atoms with Gasteiger partial charge in [0.05, 0.1) is 30.4 Å². The fourth-order valence-corrected chi connectivity index (χ4v) is 3.76. The third-order valence-electron chi connectivity index (χ3n) is 4.99. The number of Topliss-reactive ketones (excluding diaryl/α,β-unsaturated/α-hetero) is 1. The quantitative estimate of drug-likeness (QED) is 0.344. The smallest absolute Gasteiger partial charge is 0.295 e. The molecule has 1 aliphatic heterocycles. The van der Waals surface area contributed by atoms with Crippen LogP contribution < -0.4 is 4.74 Å². The molecule has 170 valence electrons. The predicted octanol–water partition coefficient (Wildman–Crippen LogP) is 4.97. The van der Waals surface area contributed by atoms with Crippen molar-refractivity contribution < 1.29 is 24.2 Å². The van der Waals surface area contributed by atoms with Crippen molar-refractivity contribution in [1.82, 2.24) is 4.90 Å². The van der Waals surface area contributed by atoms with Crippen molar-refractivity contribution in [3.8, 4) is 5.75 Å². The summed E-state index contributed by atoms with van der Waals surface area (Å²) < 4.78 is 11.3. The molecule has 3 rings (SSSR count). The zero-order valence-electron chi connectivity index (χ0n) is 18.7. The van der Waals surface area contributed by atoms with E-state index in [1.54, 1.807) is 48.5 Å². The van der Waals surface area contributed by atoms with Gasteiger partial charge in [-0.05, 0) is 57.5 Å². The number of benzene rings is 2. The summed E-state index contributed by atoms with van der Waals surface area (Å²) >= 11 is 6.04. The third kappa shape index (κ3) is 5.31. The molecule has 2 aromatic carbocycles. The van der Waals surface area contributed by atoms with Crippen molar-refractivity contribution in [3.05, 3.63) is 70.3 Å². The highest BCUT2D eigenvalue weighted by atomic mass is 35.5. The van der Waals surface area contributed by atoms with Crippen LogP contribution in [0.4, 0.5) is 0 Å². The second kappa shape index (κ2) is 10.2. The Balaban J connectivity index is 2.07. The largest absolute Gasteiger partial charge is 0.507 e. The topological polar surface area (TPSA) is 76.1 Å². The van der Waals surface area contributed by atoms with E-state index < -0.39 is 17.7 Å². The molecule has 2 aromatic rings. The van der Waals surface area contributed by atoms with Crippen molar-refractivity contribution in [2.75, 3.05) is 13.2 Å². The van der Waals surface area contributed by atoms with Gasteiger partial charge in [-0.15, -0.1) is 0 Å². The average Bonchev–Trinajstić information content (AvgIpc) is 2.98. The lowest BCUT2D eigenvalue weighted by molar-refractivity contribution is -0.140. The first-order chi connectivity index (χ1) is 15.2. The van der Waals surface area contributed by atoms with E-state index in [0.717, 1.165) is 0 Å². The maximum absolute atomic E-state index is 13.0. The van der Waals surface area contributed by atoms with Gasteiger partial charge in [-0.25, -0.2) is 0 Å². The number of aliphatic hydroxyl groups excluding tert-OH is 1. The highest BCUT2D eigenvalue weighted by Gasteiger charge is 2.45. The minimum atomic E-state index is -0.752. The lowest BCUT2D eigenvalue weighted by Gasteiger charge is -2.25. The lowest BCUT2D eigenvalue weighted by atomic mass is 9.95. The molecule has 1 N–H and O–H groups in total. The molecule has 6 nitrogen and oxygen atoms in total. The molecule has 0 saturated carbocycles. The molecule has 1 amide bonds. The Morgan fingerprint density at radius 3 is 2.38 bits per heavy atom. The normalized spacial score (nSPS) is 18.1. The van der Waals surface area contributed by atoms with Gasteiger partial charge in [-0.2, -0.15) is 0 Å². The first-order valence-electron chi connectivity index (χ1n) is 10.6. The number of nitrogens with zero attached hydrogens (tertiary/aromatic N) is 1. The lowest BCUT2D eigenvalue weighted by Crippen LogP contribution is -2.33. The summed E-state index contributed by atoms with van der Waals surface area (Å²) in [5, 5.41) is 11.7. The van der Waals surface area contributed by atoms with Crippen molar-refractivity contribution in [1.29, 1.82) is 0 Å². The Labute approximate surface area is 193 Å². The summed E-state index contributed by atoms with van der Waals surface area (Å²) in [4.78, 5) is 27.4. The molecule has 7 heteroatoms. The van der Waals surface area contributed by atoms with Gasteiger partial charge in [0, 0.05) is 17.1 Å². The summed E-state index contributed by atoms with van der Waals surface area (Å²) in [7, 11) is 0. The van der Waals surface area contributed by atoms with Crippen molar-refractivity contribution in [2.24, 2.45) is 0 Å². The van der Waals surface area contributed by atoms with E-state index in [1.807, 2.05) is 27.7 Å². The van der Waals surface area contributed by atoms with Gasteiger partial charge in [-0.1, -0.05) is 35.9 Å². The molecule has 0 aromatic heterocycles. The van der Waals surface area contributed by atoms with Crippen molar-refractivity contribution in [2.45, 2.75) is 45.9 Å². The number of hydrogen-bond acceptors (Lipinski definition) is 5. The molecule has 1 heterocycles. The van der Waals surface area contributed by atoms with E-state index in [0.29, 0.717) is 21.9 Å². The van der Waals surface area contributed by atoms with Crippen LogP contribution in [0.1, 0.15) is 44.9 Å². The van der Waals surface area contributed by atoms with E-state index >= 15 is 0 Å². The SMILES string of the molecule is CC(C)OCCN1C(=O)C(=O)/C(=C(\O)c2cccc(OC(C)C)c2)C1c1ccc(Cl)cc1. The monoisotopic (exact) mass is 457 g/mol. The van der Waals surface area contributed by atoms with Gasteiger partial charge in [0.2, 0.25) is 0 Å². The minimum absolute atomic E-state index is 0.00972. The molecule has 32 heavy (non-hydrogen) atoms. The zero-order valence-corrected chi connectivity index (χ0v) is 19.4. The van der Waals surface area contributed by atoms with Crippen LogP contribution in [0.3, 0.4) is 0 Å². The van der Waals surface area contributed by atoms with Crippen LogP contribution >= 0.6 is 11.6 Å². The third-order valence-corrected chi connectivity index (χ3v) is 5.24.